The van der Waals surface area contributed by atoms with Crippen molar-refractivity contribution >= 4 is 17.3 Å². The van der Waals surface area contributed by atoms with Gasteiger partial charge in [0.25, 0.3) is 5.69 Å². The Hall–Kier alpha value is -2.11. The van der Waals surface area contributed by atoms with Crippen molar-refractivity contribution in [2.24, 2.45) is 5.92 Å². The lowest BCUT2D eigenvalue weighted by molar-refractivity contribution is -0.384. The number of nitrogens with zero attached hydrogens (tertiary/aromatic N) is 1. The molecule has 0 bridgehead atoms. The fraction of sp³-hybridized carbons (Fsp3) is 0.500. The van der Waals surface area contributed by atoms with Gasteiger partial charge in [-0.25, -0.2) is 4.79 Å². The normalized spacial score (nSPS) is 16.1. The topological polar surface area (TPSA) is 81.5 Å². The Bertz CT molecular complexity index is 526. The van der Waals surface area contributed by atoms with Crippen LogP contribution >= 0.6 is 0 Å². The summed E-state index contributed by atoms with van der Waals surface area (Å²) < 4.78 is 4.64. The van der Waals surface area contributed by atoms with E-state index in [0.717, 1.165) is 12.8 Å². The number of methoxy groups -OCH3 is 1. The van der Waals surface area contributed by atoms with Gasteiger partial charge in [0.2, 0.25) is 0 Å². The summed E-state index contributed by atoms with van der Waals surface area (Å²) in [6.45, 7) is 2.01. The van der Waals surface area contributed by atoms with Crippen LogP contribution in [0, 0.1) is 16.0 Å². The molecule has 6 heteroatoms. The maximum Gasteiger partial charge on any atom is 0.337 e. The molecular weight excluding hydrogens is 260 g/mol. The van der Waals surface area contributed by atoms with Gasteiger partial charge in [0.15, 0.2) is 0 Å². The van der Waals surface area contributed by atoms with Crippen molar-refractivity contribution in [3.8, 4) is 0 Å². The van der Waals surface area contributed by atoms with Crippen molar-refractivity contribution in [2.75, 3.05) is 12.4 Å². The van der Waals surface area contributed by atoms with E-state index in [2.05, 4.69) is 10.1 Å². The van der Waals surface area contributed by atoms with Crippen LogP contribution in [0.4, 0.5) is 11.4 Å². The van der Waals surface area contributed by atoms with E-state index in [1.165, 1.54) is 31.7 Å². The van der Waals surface area contributed by atoms with Crippen molar-refractivity contribution in [3.05, 3.63) is 33.9 Å². The number of carbonyl (C=O) groups excluding carboxylic acids is 1. The Morgan fingerprint density at radius 2 is 2.20 bits per heavy atom. The number of nitro benzene ring substituents is 1. The number of esters is 1. The number of anilines is 1. The van der Waals surface area contributed by atoms with Gasteiger partial charge in [0, 0.05) is 12.1 Å². The maximum absolute atomic E-state index is 11.5. The van der Waals surface area contributed by atoms with Gasteiger partial charge in [0.05, 0.1) is 17.6 Å². The van der Waals surface area contributed by atoms with E-state index >= 15 is 0 Å². The summed E-state index contributed by atoms with van der Waals surface area (Å²) in [7, 11) is 1.29. The molecule has 20 heavy (non-hydrogen) atoms. The van der Waals surface area contributed by atoms with E-state index in [9.17, 15) is 14.9 Å². The predicted octanol–water partition coefficient (Wildman–Crippen LogP) is 2.98. The minimum absolute atomic E-state index is 0.0242. The lowest BCUT2D eigenvalue weighted by Gasteiger charge is -2.32. The smallest absolute Gasteiger partial charge is 0.337 e. The number of hydrogen-bond acceptors (Lipinski definition) is 5. The zero-order valence-corrected chi connectivity index (χ0v) is 11.6. The quantitative estimate of drug-likeness (QED) is 0.508. The highest BCUT2D eigenvalue weighted by atomic mass is 16.6. The molecule has 1 aliphatic carbocycles. The minimum atomic E-state index is -0.501. The van der Waals surface area contributed by atoms with E-state index in [1.807, 2.05) is 6.92 Å². The van der Waals surface area contributed by atoms with Gasteiger partial charge in [-0.3, -0.25) is 10.1 Å². The fourth-order valence-corrected chi connectivity index (χ4v) is 2.36. The van der Waals surface area contributed by atoms with Gasteiger partial charge in [-0.15, -0.1) is 0 Å². The Balaban J connectivity index is 2.26. The molecule has 1 saturated carbocycles. The number of nitro groups is 1. The standard InChI is InChI=1S/C14H18N2O4/c1-9(10-4-3-5-10)15-12-8-11(14(17)20-2)6-7-13(12)16(18)19/h6-10,15H,3-5H2,1-2H3. The highest BCUT2D eigenvalue weighted by Gasteiger charge is 2.26. The van der Waals surface area contributed by atoms with Gasteiger partial charge in [-0.2, -0.15) is 0 Å². The lowest BCUT2D eigenvalue weighted by atomic mass is 9.80. The molecule has 0 aromatic heterocycles. The molecule has 6 nitrogen and oxygen atoms in total. The summed E-state index contributed by atoms with van der Waals surface area (Å²) in [6, 6.07) is 4.38. The first-order valence-electron chi connectivity index (χ1n) is 6.66. The third-order valence-corrected chi connectivity index (χ3v) is 3.85. The van der Waals surface area contributed by atoms with E-state index in [0.29, 0.717) is 17.2 Å². The molecule has 2 rings (SSSR count). The first-order chi connectivity index (χ1) is 9.52. The summed E-state index contributed by atoms with van der Waals surface area (Å²) in [5.74, 6) is 0.0376. The first kappa shape index (κ1) is 14.3. The second-order valence-electron chi connectivity index (χ2n) is 5.10. The van der Waals surface area contributed by atoms with Crippen LogP contribution in [0.1, 0.15) is 36.5 Å². The van der Waals surface area contributed by atoms with Gasteiger partial charge >= 0.3 is 5.97 Å². The Kier molecular flexibility index (Phi) is 4.22. The monoisotopic (exact) mass is 278 g/mol. The Morgan fingerprint density at radius 3 is 2.70 bits per heavy atom. The molecule has 0 aliphatic heterocycles. The molecule has 1 N–H and O–H groups in total. The van der Waals surface area contributed by atoms with Crippen LogP contribution in [0.25, 0.3) is 0 Å². The molecule has 1 unspecified atom stereocenters. The van der Waals surface area contributed by atoms with Gasteiger partial charge in [0.1, 0.15) is 5.69 Å². The lowest BCUT2D eigenvalue weighted by Crippen LogP contribution is -2.31. The molecule has 0 radical (unpaired) electrons. The summed E-state index contributed by atoms with van der Waals surface area (Å²) in [5.41, 5.74) is 0.655. The van der Waals surface area contributed by atoms with Crippen molar-refractivity contribution in [1.29, 1.82) is 0 Å². The summed E-state index contributed by atoms with van der Waals surface area (Å²) in [4.78, 5) is 22.1. The highest BCUT2D eigenvalue weighted by Crippen LogP contribution is 2.33. The summed E-state index contributed by atoms with van der Waals surface area (Å²) in [5, 5.41) is 14.2. The van der Waals surface area contributed by atoms with Crippen LogP contribution in [0.2, 0.25) is 0 Å². The van der Waals surface area contributed by atoms with Crippen molar-refractivity contribution < 1.29 is 14.5 Å². The second kappa shape index (κ2) is 5.90. The van der Waals surface area contributed by atoms with Gasteiger partial charge in [-0.05, 0) is 37.8 Å². The number of rotatable bonds is 5. The predicted molar refractivity (Wildman–Crippen MR) is 74.9 cm³/mol. The number of benzene rings is 1. The van der Waals surface area contributed by atoms with E-state index in [1.54, 1.807) is 0 Å². The highest BCUT2D eigenvalue weighted by molar-refractivity contribution is 5.91. The second-order valence-corrected chi connectivity index (χ2v) is 5.10. The molecule has 1 aromatic carbocycles. The Morgan fingerprint density at radius 1 is 1.50 bits per heavy atom. The average molecular weight is 278 g/mol. The van der Waals surface area contributed by atoms with Crippen LogP contribution in [0.15, 0.2) is 18.2 Å². The molecule has 0 saturated heterocycles. The SMILES string of the molecule is COC(=O)c1ccc([N+](=O)[O-])c(NC(C)C2CCC2)c1. The molecule has 0 spiro atoms. The van der Waals surface area contributed by atoms with Gasteiger partial charge < -0.3 is 10.1 Å². The first-order valence-corrected chi connectivity index (χ1v) is 6.66. The zero-order valence-electron chi connectivity index (χ0n) is 11.6. The number of ether oxygens (including phenoxy) is 1. The molecule has 1 atom stereocenters. The van der Waals surface area contributed by atoms with Crippen LogP contribution in [0.5, 0.6) is 0 Å². The van der Waals surface area contributed by atoms with Crippen LogP contribution in [0.3, 0.4) is 0 Å². The molecule has 1 aliphatic rings. The largest absolute Gasteiger partial charge is 0.465 e. The van der Waals surface area contributed by atoms with E-state index in [4.69, 9.17) is 0 Å². The molecule has 1 fully saturated rings. The fourth-order valence-electron chi connectivity index (χ4n) is 2.36. The minimum Gasteiger partial charge on any atom is -0.465 e. The molecule has 0 amide bonds. The number of nitrogens with one attached hydrogen (secondary N) is 1. The molecule has 0 heterocycles. The van der Waals surface area contributed by atoms with E-state index in [-0.39, 0.29) is 11.7 Å². The number of hydrogen-bond donors (Lipinski definition) is 1. The molecule has 1 aromatic rings. The van der Waals surface area contributed by atoms with Crippen molar-refractivity contribution in [1.82, 2.24) is 0 Å². The van der Waals surface area contributed by atoms with Crippen LogP contribution in [-0.2, 0) is 4.74 Å². The maximum atomic E-state index is 11.5. The molecular formula is C14H18N2O4. The van der Waals surface area contributed by atoms with Gasteiger partial charge in [-0.1, -0.05) is 6.42 Å². The van der Waals surface area contributed by atoms with Crippen LogP contribution < -0.4 is 5.32 Å². The number of carbonyl (C=O) groups is 1. The summed E-state index contributed by atoms with van der Waals surface area (Å²) in [6.07, 6.45) is 3.48. The van der Waals surface area contributed by atoms with Crippen LogP contribution in [-0.4, -0.2) is 24.0 Å². The Labute approximate surface area is 117 Å². The molecule has 108 valence electrons. The zero-order chi connectivity index (χ0) is 14.7. The third kappa shape index (κ3) is 2.89. The average Bonchev–Trinajstić information content (AvgIpc) is 2.35. The van der Waals surface area contributed by atoms with E-state index < -0.39 is 10.9 Å². The third-order valence-electron chi connectivity index (χ3n) is 3.85. The van der Waals surface area contributed by atoms with Crippen molar-refractivity contribution in [3.63, 3.8) is 0 Å². The van der Waals surface area contributed by atoms with Crippen molar-refractivity contribution in [2.45, 2.75) is 32.2 Å². The summed E-state index contributed by atoms with van der Waals surface area (Å²) >= 11 is 0.